The topological polar surface area (TPSA) is 111 Å². The molecule has 1 amide bonds. The lowest BCUT2D eigenvalue weighted by Gasteiger charge is -2.23. The van der Waals surface area contributed by atoms with Crippen LogP contribution in [-0.2, 0) is 4.79 Å². The van der Waals surface area contributed by atoms with Crippen LogP contribution in [0.15, 0.2) is 23.8 Å². The van der Waals surface area contributed by atoms with Gasteiger partial charge in [0.25, 0.3) is 0 Å². The zero-order valence-electron chi connectivity index (χ0n) is 15.4. The van der Waals surface area contributed by atoms with Crippen LogP contribution in [0.1, 0.15) is 38.2 Å². The molecule has 0 unspecified atom stereocenters. The summed E-state index contributed by atoms with van der Waals surface area (Å²) in [6.07, 6.45) is 5.97. The summed E-state index contributed by atoms with van der Waals surface area (Å²) in [7, 11) is 1.74. The van der Waals surface area contributed by atoms with Gasteiger partial charge in [-0.1, -0.05) is 0 Å². The Labute approximate surface area is 154 Å². The normalized spacial score (nSPS) is 18.9. The molecule has 0 heterocycles. The summed E-state index contributed by atoms with van der Waals surface area (Å²) in [5.74, 6) is 1.36. The van der Waals surface area contributed by atoms with Gasteiger partial charge in [0.1, 0.15) is 5.75 Å². The van der Waals surface area contributed by atoms with Crippen molar-refractivity contribution in [3.8, 4) is 5.75 Å². The smallest absolute Gasteiger partial charge is 0.241 e. The molecule has 2 fully saturated rings. The summed E-state index contributed by atoms with van der Waals surface area (Å²) in [5, 5.41) is 23.6. The van der Waals surface area contributed by atoms with Crippen molar-refractivity contribution in [1.29, 1.82) is 5.41 Å². The molecule has 2 aliphatic rings. The number of carbonyl (C=O) groups excluding carboxylic acids is 1. The molecule has 0 spiro atoms. The van der Waals surface area contributed by atoms with Crippen molar-refractivity contribution in [2.45, 2.75) is 38.6 Å². The molecule has 2 aliphatic carbocycles. The minimum Gasteiger partial charge on any atom is -0.507 e. The maximum absolute atomic E-state index is 12.6. The third-order valence-electron chi connectivity index (χ3n) is 5.45. The van der Waals surface area contributed by atoms with E-state index >= 15 is 0 Å². The Balaban J connectivity index is 1.73. The molecule has 0 bridgehead atoms. The van der Waals surface area contributed by atoms with E-state index in [2.05, 4.69) is 10.6 Å². The van der Waals surface area contributed by atoms with E-state index in [4.69, 9.17) is 11.1 Å². The third kappa shape index (κ3) is 3.90. The van der Waals surface area contributed by atoms with Gasteiger partial charge < -0.3 is 26.9 Å². The molecule has 140 valence electrons. The molecular formula is C20H28N4O2. The molecule has 26 heavy (non-hydrogen) atoms. The van der Waals surface area contributed by atoms with E-state index in [1.54, 1.807) is 26.1 Å². The first-order chi connectivity index (χ1) is 12.5. The van der Waals surface area contributed by atoms with Crippen molar-refractivity contribution >= 4 is 23.5 Å². The van der Waals surface area contributed by atoms with Crippen LogP contribution in [0.5, 0.6) is 5.75 Å². The number of nitrogens with one attached hydrogen (secondary N) is 3. The zero-order chi connectivity index (χ0) is 18.8. The third-order valence-corrected chi connectivity index (χ3v) is 5.45. The number of nitrogens with two attached hydrogens (primary N) is 1. The van der Waals surface area contributed by atoms with Crippen LogP contribution < -0.4 is 16.4 Å². The number of allylic oxidation sites excluding steroid dienone is 1. The predicted octanol–water partition coefficient (Wildman–Crippen LogP) is 2.69. The Hall–Kier alpha value is -2.34. The SMILES string of the molecule is CN/C(=C(/C)C=N)c1ccc(NC(=O)[C@@H](N)C(C2CC2)C2CC2)cc1O. The Morgan fingerprint density at radius 2 is 1.92 bits per heavy atom. The molecule has 6 heteroatoms. The van der Waals surface area contributed by atoms with Crippen molar-refractivity contribution in [1.82, 2.24) is 5.32 Å². The van der Waals surface area contributed by atoms with E-state index in [1.165, 1.54) is 38.0 Å². The summed E-state index contributed by atoms with van der Waals surface area (Å²) in [6, 6.07) is 4.51. The van der Waals surface area contributed by atoms with E-state index in [9.17, 15) is 9.90 Å². The van der Waals surface area contributed by atoms with E-state index in [0.29, 0.717) is 34.4 Å². The summed E-state index contributed by atoms with van der Waals surface area (Å²) in [5.41, 5.74) is 8.77. The molecule has 6 nitrogen and oxygen atoms in total. The maximum atomic E-state index is 12.6. The van der Waals surface area contributed by atoms with E-state index < -0.39 is 6.04 Å². The molecule has 0 radical (unpaired) electrons. The van der Waals surface area contributed by atoms with Crippen molar-refractivity contribution in [2.24, 2.45) is 23.5 Å². The highest BCUT2D eigenvalue weighted by molar-refractivity contribution is 5.96. The number of phenolic OH excluding ortho intramolecular Hbond substituents is 1. The molecule has 2 saturated carbocycles. The standard InChI is InChI=1S/C20H28N4O2/c1-11(10-21)19(23-2)15-8-7-14(9-16(15)25)24-20(26)18(22)17(12-3-4-12)13-5-6-13/h7-10,12-13,17-18,21,23,25H,3-6,22H2,1-2H3,(H,24,26)/b19-11-,21-10?/t18-/m0/s1. The van der Waals surface area contributed by atoms with Crippen LogP contribution in [0.3, 0.4) is 0 Å². The number of carbonyl (C=O) groups is 1. The number of anilines is 1. The zero-order valence-corrected chi connectivity index (χ0v) is 15.4. The number of benzene rings is 1. The molecule has 0 aliphatic heterocycles. The first-order valence-electron chi connectivity index (χ1n) is 9.25. The van der Waals surface area contributed by atoms with Crippen molar-refractivity contribution in [2.75, 3.05) is 12.4 Å². The fraction of sp³-hybridized carbons (Fsp3) is 0.500. The Bertz CT molecular complexity index is 723. The summed E-state index contributed by atoms with van der Waals surface area (Å²) in [4.78, 5) is 12.6. The number of amides is 1. The lowest BCUT2D eigenvalue weighted by atomic mass is 9.89. The monoisotopic (exact) mass is 356 g/mol. The van der Waals surface area contributed by atoms with Gasteiger partial charge in [-0.15, -0.1) is 0 Å². The average Bonchev–Trinajstić information content (AvgIpc) is 3.52. The second-order valence-corrected chi connectivity index (χ2v) is 7.45. The van der Waals surface area contributed by atoms with Crippen molar-refractivity contribution < 1.29 is 9.90 Å². The summed E-state index contributed by atoms with van der Waals surface area (Å²) < 4.78 is 0. The van der Waals surface area contributed by atoms with Crippen LogP contribution >= 0.6 is 0 Å². The van der Waals surface area contributed by atoms with E-state index in [0.717, 1.165) is 0 Å². The fourth-order valence-electron chi connectivity index (χ4n) is 3.77. The molecule has 1 aromatic rings. The first-order valence-corrected chi connectivity index (χ1v) is 9.25. The highest BCUT2D eigenvalue weighted by atomic mass is 16.3. The second kappa shape index (κ2) is 7.50. The minimum absolute atomic E-state index is 0.0443. The number of aromatic hydroxyl groups is 1. The molecular weight excluding hydrogens is 328 g/mol. The molecule has 0 aromatic heterocycles. The predicted molar refractivity (Wildman–Crippen MR) is 104 cm³/mol. The summed E-state index contributed by atoms with van der Waals surface area (Å²) in [6.45, 7) is 1.79. The van der Waals surface area contributed by atoms with E-state index in [1.807, 2.05) is 0 Å². The van der Waals surface area contributed by atoms with Crippen LogP contribution in [0.4, 0.5) is 5.69 Å². The van der Waals surface area contributed by atoms with Gasteiger partial charge in [-0.25, -0.2) is 0 Å². The van der Waals surface area contributed by atoms with Gasteiger partial charge in [0.05, 0.1) is 6.04 Å². The lowest BCUT2D eigenvalue weighted by molar-refractivity contribution is -0.118. The highest BCUT2D eigenvalue weighted by Gasteiger charge is 2.46. The van der Waals surface area contributed by atoms with Crippen LogP contribution in [0.2, 0.25) is 0 Å². The lowest BCUT2D eigenvalue weighted by Crippen LogP contribution is -2.43. The van der Waals surface area contributed by atoms with Crippen LogP contribution in [0.25, 0.3) is 5.70 Å². The molecule has 0 saturated heterocycles. The number of hydrogen-bond donors (Lipinski definition) is 5. The Morgan fingerprint density at radius 1 is 1.31 bits per heavy atom. The quantitative estimate of drug-likeness (QED) is 0.461. The van der Waals surface area contributed by atoms with Gasteiger partial charge >= 0.3 is 0 Å². The van der Waals surface area contributed by atoms with Crippen LogP contribution in [0, 0.1) is 23.2 Å². The molecule has 1 atom stereocenters. The van der Waals surface area contributed by atoms with Gasteiger partial charge in [0.15, 0.2) is 0 Å². The van der Waals surface area contributed by atoms with Gasteiger partial charge in [-0.05, 0) is 68.1 Å². The second-order valence-electron chi connectivity index (χ2n) is 7.45. The van der Waals surface area contributed by atoms with Crippen molar-refractivity contribution in [3.63, 3.8) is 0 Å². The minimum atomic E-state index is -0.496. The maximum Gasteiger partial charge on any atom is 0.241 e. The molecule has 1 aromatic carbocycles. The Morgan fingerprint density at radius 3 is 2.38 bits per heavy atom. The van der Waals surface area contributed by atoms with Gasteiger partial charge in [0, 0.05) is 36.3 Å². The van der Waals surface area contributed by atoms with Gasteiger partial charge in [-0.3, -0.25) is 4.79 Å². The number of hydrogen-bond acceptors (Lipinski definition) is 5. The van der Waals surface area contributed by atoms with Crippen molar-refractivity contribution in [3.05, 3.63) is 29.3 Å². The number of phenols is 1. The van der Waals surface area contributed by atoms with Gasteiger partial charge in [-0.2, -0.15) is 0 Å². The highest BCUT2D eigenvalue weighted by Crippen LogP contribution is 2.50. The largest absolute Gasteiger partial charge is 0.507 e. The average molecular weight is 356 g/mol. The van der Waals surface area contributed by atoms with Gasteiger partial charge in [0.2, 0.25) is 5.91 Å². The summed E-state index contributed by atoms with van der Waals surface area (Å²) >= 11 is 0. The Kier molecular flexibility index (Phi) is 5.32. The van der Waals surface area contributed by atoms with Crippen LogP contribution in [-0.4, -0.2) is 30.3 Å². The molecule has 3 rings (SSSR count). The fourth-order valence-corrected chi connectivity index (χ4v) is 3.77. The number of rotatable bonds is 8. The molecule has 6 N–H and O–H groups in total. The van der Waals surface area contributed by atoms with E-state index in [-0.39, 0.29) is 17.6 Å². The first kappa shape index (κ1) is 18.5.